The van der Waals surface area contributed by atoms with Gasteiger partial charge in [-0.25, -0.2) is 0 Å². The lowest BCUT2D eigenvalue weighted by molar-refractivity contribution is -0.312. The van der Waals surface area contributed by atoms with Gasteiger partial charge in [0.2, 0.25) is 0 Å². The number of ether oxygens (including phenoxy) is 2. The quantitative estimate of drug-likeness (QED) is 0.529. The van der Waals surface area contributed by atoms with Crippen LogP contribution in [0.3, 0.4) is 0 Å². The summed E-state index contributed by atoms with van der Waals surface area (Å²) in [6, 6.07) is 0. The van der Waals surface area contributed by atoms with Crippen molar-refractivity contribution in [3.63, 3.8) is 0 Å². The minimum Gasteiger partial charge on any atom is -0.393 e. The summed E-state index contributed by atoms with van der Waals surface area (Å²) in [5.74, 6) is 1.68. The lowest BCUT2D eigenvalue weighted by Gasteiger charge is -2.66. The largest absolute Gasteiger partial charge is 0.393 e. The average molecular weight is 439 g/mol. The third-order valence-electron chi connectivity index (χ3n) is 10.8. The van der Waals surface area contributed by atoms with E-state index in [-0.39, 0.29) is 29.0 Å². The smallest absolute Gasteiger partial charge is 0.186 e. The molecule has 1 spiro atoms. The normalized spacial score (nSPS) is 58.5. The van der Waals surface area contributed by atoms with Crippen molar-refractivity contribution in [1.82, 2.24) is 0 Å². The zero-order valence-corrected chi connectivity index (χ0v) is 19.6. The average Bonchev–Trinajstić information content (AvgIpc) is 3.02. The summed E-state index contributed by atoms with van der Waals surface area (Å²) in [5, 5.41) is 41.1. The molecule has 0 amide bonds. The second kappa shape index (κ2) is 7.13. The molecule has 4 aliphatic carbocycles. The van der Waals surface area contributed by atoms with E-state index in [1.165, 1.54) is 12.8 Å². The number of aliphatic hydroxyl groups excluding tert-OH is 4. The van der Waals surface area contributed by atoms with Crippen molar-refractivity contribution in [2.45, 2.75) is 115 Å². The van der Waals surface area contributed by atoms with Crippen LogP contribution in [0.1, 0.15) is 79.1 Å². The SMILES string of the molecule is CC1(C)CC(O)CC2(C)C1CCC1CC3CC12CCC3(C)OC1OCC(O)C(O)C1O. The van der Waals surface area contributed by atoms with E-state index in [0.29, 0.717) is 17.8 Å². The van der Waals surface area contributed by atoms with E-state index < -0.39 is 30.2 Å². The molecule has 6 heteroatoms. The van der Waals surface area contributed by atoms with Gasteiger partial charge in [-0.05, 0) is 92.3 Å². The molecule has 2 bridgehead atoms. The fraction of sp³-hybridized carbons (Fsp3) is 1.00. The molecule has 0 aromatic carbocycles. The molecule has 5 rings (SSSR count). The molecule has 0 radical (unpaired) electrons. The maximum Gasteiger partial charge on any atom is 0.186 e. The Morgan fingerprint density at radius 1 is 0.839 bits per heavy atom. The van der Waals surface area contributed by atoms with E-state index in [0.717, 1.165) is 38.5 Å². The molecule has 0 aromatic heterocycles. The van der Waals surface area contributed by atoms with Crippen molar-refractivity contribution in [2.75, 3.05) is 6.61 Å². The molecule has 1 heterocycles. The minimum atomic E-state index is -1.24. The topological polar surface area (TPSA) is 99.4 Å². The highest BCUT2D eigenvalue weighted by Gasteiger charge is 2.69. The van der Waals surface area contributed by atoms with Gasteiger partial charge < -0.3 is 29.9 Å². The first-order chi connectivity index (χ1) is 14.4. The zero-order chi connectivity index (χ0) is 22.4. The Labute approximate surface area is 186 Å². The molecule has 4 saturated carbocycles. The van der Waals surface area contributed by atoms with Gasteiger partial charge in [0, 0.05) is 0 Å². The second-order valence-corrected chi connectivity index (χ2v) is 12.8. The summed E-state index contributed by atoms with van der Waals surface area (Å²) in [6.07, 6.45) is 3.87. The van der Waals surface area contributed by atoms with Crippen LogP contribution in [0.25, 0.3) is 0 Å². The van der Waals surface area contributed by atoms with E-state index >= 15 is 0 Å². The van der Waals surface area contributed by atoms with Gasteiger partial charge in [-0.15, -0.1) is 0 Å². The third kappa shape index (κ3) is 3.12. The number of aliphatic hydroxyl groups is 4. The Hall–Kier alpha value is -0.240. The van der Waals surface area contributed by atoms with Crippen LogP contribution in [0.4, 0.5) is 0 Å². The van der Waals surface area contributed by atoms with E-state index in [1.54, 1.807) is 0 Å². The fourth-order valence-corrected chi connectivity index (χ4v) is 9.33. The monoisotopic (exact) mass is 438 g/mol. The Morgan fingerprint density at radius 2 is 1.58 bits per heavy atom. The summed E-state index contributed by atoms with van der Waals surface area (Å²) >= 11 is 0. The van der Waals surface area contributed by atoms with Crippen LogP contribution in [0, 0.1) is 34.0 Å². The van der Waals surface area contributed by atoms with Crippen molar-refractivity contribution >= 4 is 0 Å². The number of fused-ring (bicyclic) bond motifs is 2. The van der Waals surface area contributed by atoms with E-state index in [2.05, 4.69) is 27.7 Å². The molecular formula is C25H42O6. The van der Waals surface area contributed by atoms with E-state index in [4.69, 9.17) is 9.47 Å². The highest BCUT2D eigenvalue weighted by Crippen LogP contribution is 2.75. The molecule has 6 nitrogen and oxygen atoms in total. The first kappa shape index (κ1) is 22.5. The van der Waals surface area contributed by atoms with Crippen LogP contribution < -0.4 is 0 Å². The first-order valence-corrected chi connectivity index (χ1v) is 12.4. The fourth-order valence-electron chi connectivity index (χ4n) is 9.33. The first-order valence-electron chi connectivity index (χ1n) is 12.4. The molecule has 11 unspecified atom stereocenters. The van der Waals surface area contributed by atoms with Gasteiger partial charge in [0.1, 0.15) is 18.3 Å². The van der Waals surface area contributed by atoms with Gasteiger partial charge in [0.25, 0.3) is 0 Å². The molecular weight excluding hydrogens is 396 g/mol. The summed E-state index contributed by atoms with van der Waals surface area (Å²) in [6.45, 7) is 9.32. The Bertz CT molecular complexity index is 712. The number of hydrogen-bond donors (Lipinski definition) is 4. The van der Waals surface area contributed by atoms with Crippen LogP contribution in [0.15, 0.2) is 0 Å². The van der Waals surface area contributed by atoms with Crippen LogP contribution in [-0.2, 0) is 9.47 Å². The van der Waals surface area contributed by atoms with Crippen molar-refractivity contribution in [3.05, 3.63) is 0 Å². The number of rotatable bonds is 2. The maximum absolute atomic E-state index is 10.8. The predicted molar refractivity (Wildman–Crippen MR) is 115 cm³/mol. The Balaban J connectivity index is 1.40. The van der Waals surface area contributed by atoms with E-state index in [1.807, 2.05) is 0 Å². The van der Waals surface area contributed by atoms with Crippen molar-refractivity contribution in [1.29, 1.82) is 0 Å². The van der Waals surface area contributed by atoms with Gasteiger partial charge in [-0.3, -0.25) is 0 Å². The van der Waals surface area contributed by atoms with Gasteiger partial charge in [0.15, 0.2) is 6.29 Å². The van der Waals surface area contributed by atoms with Crippen LogP contribution in [0.2, 0.25) is 0 Å². The van der Waals surface area contributed by atoms with Crippen LogP contribution >= 0.6 is 0 Å². The lowest BCUT2D eigenvalue weighted by Crippen LogP contribution is -2.61. The highest BCUT2D eigenvalue weighted by atomic mass is 16.7. The zero-order valence-electron chi connectivity index (χ0n) is 19.6. The summed E-state index contributed by atoms with van der Waals surface area (Å²) in [4.78, 5) is 0. The second-order valence-electron chi connectivity index (χ2n) is 12.8. The molecule has 4 N–H and O–H groups in total. The van der Waals surface area contributed by atoms with E-state index in [9.17, 15) is 20.4 Å². The standard InChI is InChI=1S/C25H42O6/c1-22(2)11-16(26)12-23(3)18(22)6-5-14-9-15-10-25(14,23)8-7-24(15,4)31-21-20(29)19(28)17(27)13-30-21/h14-21,26-29H,5-13H2,1-4H3. The molecule has 31 heavy (non-hydrogen) atoms. The Kier molecular flexibility index (Phi) is 5.19. The van der Waals surface area contributed by atoms with Gasteiger partial charge in [0.05, 0.1) is 18.3 Å². The molecule has 1 saturated heterocycles. The molecule has 5 fully saturated rings. The molecule has 178 valence electrons. The predicted octanol–water partition coefficient (Wildman–Crippen LogP) is 2.60. The molecule has 11 atom stereocenters. The Morgan fingerprint density at radius 3 is 2.32 bits per heavy atom. The maximum atomic E-state index is 10.8. The number of hydrogen-bond acceptors (Lipinski definition) is 6. The van der Waals surface area contributed by atoms with Gasteiger partial charge in [-0.2, -0.15) is 0 Å². The molecule has 0 aromatic rings. The summed E-state index contributed by atoms with van der Waals surface area (Å²) < 4.78 is 12.0. The van der Waals surface area contributed by atoms with Gasteiger partial charge >= 0.3 is 0 Å². The van der Waals surface area contributed by atoms with Crippen molar-refractivity contribution < 1.29 is 29.9 Å². The lowest BCUT2D eigenvalue weighted by atomic mass is 9.39. The van der Waals surface area contributed by atoms with Gasteiger partial charge in [-0.1, -0.05) is 20.8 Å². The highest BCUT2D eigenvalue weighted by molar-refractivity contribution is 5.18. The van der Waals surface area contributed by atoms with Crippen molar-refractivity contribution in [2.24, 2.45) is 34.0 Å². The minimum absolute atomic E-state index is 0.0249. The van der Waals surface area contributed by atoms with Crippen molar-refractivity contribution in [3.8, 4) is 0 Å². The third-order valence-corrected chi connectivity index (χ3v) is 10.8. The van der Waals surface area contributed by atoms with Crippen LogP contribution in [-0.4, -0.2) is 63.3 Å². The summed E-state index contributed by atoms with van der Waals surface area (Å²) in [7, 11) is 0. The molecule has 5 aliphatic rings. The van der Waals surface area contributed by atoms with Crippen LogP contribution in [0.5, 0.6) is 0 Å². The summed E-state index contributed by atoms with van der Waals surface area (Å²) in [5.41, 5.74) is 0.154. The molecule has 1 aliphatic heterocycles.